The van der Waals surface area contributed by atoms with Crippen LogP contribution >= 0.6 is 23.2 Å². The molecule has 0 spiro atoms. The molecule has 1 saturated heterocycles. The van der Waals surface area contributed by atoms with E-state index in [4.69, 9.17) is 23.2 Å². The summed E-state index contributed by atoms with van der Waals surface area (Å²) in [5.74, 6) is 0. The summed E-state index contributed by atoms with van der Waals surface area (Å²) < 4.78 is 8.07. The lowest BCUT2D eigenvalue weighted by atomic mass is 10.8. The Hall–Kier alpha value is -0.150. The molecule has 2 atom stereocenters. The lowest BCUT2D eigenvalue weighted by molar-refractivity contribution is 0.0984. The van der Waals surface area contributed by atoms with E-state index in [1.54, 1.807) is 0 Å². The van der Waals surface area contributed by atoms with Gasteiger partial charge >= 0.3 is 6.16 Å². The van der Waals surface area contributed by atoms with Crippen molar-refractivity contribution in [3.63, 3.8) is 0 Å². The van der Waals surface area contributed by atoms with E-state index in [1.807, 2.05) is 0 Å². The molecule has 2 rings (SSSR count). The van der Waals surface area contributed by atoms with Crippen LogP contribution in [-0.2, 0) is 9.47 Å². The van der Waals surface area contributed by atoms with Gasteiger partial charge in [-0.25, -0.2) is 4.79 Å². The highest BCUT2D eigenvalue weighted by Crippen LogP contribution is 2.54. The van der Waals surface area contributed by atoms with Crippen LogP contribution in [0.4, 0.5) is 4.79 Å². The summed E-state index contributed by atoms with van der Waals surface area (Å²) in [6, 6.07) is 0. The maximum absolute atomic E-state index is 10.2. The van der Waals surface area contributed by atoms with Crippen molar-refractivity contribution in [2.75, 3.05) is 0 Å². The Balaban J connectivity index is 2.14. The maximum Gasteiger partial charge on any atom is 0.509 e. The summed E-state index contributed by atoms with van der Waals surface area (Å²) in [4.78, 5) is 10.2. The van der Waals surface area contributed by atoms with Crippen LogP contribution < -0.4 is 0 Å². The van der Waals surface area contributed by atoms with E-state index >= 15 is 0 Å². The number of hydrogen-bond donors (Lipinski definition) is 0. The van der Waals surface area contributed by atoms with E-state index in [9.17, 15) is 4.79 Å². The summed E-state index contributed by atoms with van der Waals surface area (Å²) in [6.45, 7) is 0. The smallest absolute Gasteiger partial charge is 0.423 e. The van der Waals surface area contributed by atoms with Gasteiger partial charge < -0.3 is 9.47 Å². The number of fused-ring (bicyclic) bond motifs is 1. The van der Waals surface area contributed by atoms with Gasteiger partial charge in [-0.15, -0.1) is 0 Å². The fourth-order valence-corrected chi connectivity index (χ4v) is 1.30. The van der Waals surface area contributed by atoms with Crippen LogP contribution in [0.3, 0.4) is 0 Å². The average Bonchev–Trinajstić information content (AvgIpc) is 2.27. The molecule has 0 aromatic heterocycles. The van der Waals surface area contributed by atoms with Crippen molar-refractivity contribution in [2.45, 2.75) is 16.5 Å². The Bertz CT molecular complexity index is 163. The SMILES string of the molecule is O=C1OC2C(O1)C2(Cl)Cl. The van der Waals surface area contributed by atoms with E-state index in [0.29, 0.717) is 0 Å². The number of carbonyl (C=O) groups is 1. The number of carbonyl (C=O) groups excluding carboxylic acids is 1. The molecule has 9 heavy (non-hydrogen) atoms. The van der Waals surface area contributed by atoms with Crippen LogP contribution in [0.15, 0.2) is 0 Å². The van der Waals surface area contributed by atoms with Gasteiger partial charge in [-0.3, -0.25) is 0 Å². The summed E-state index contributed by atoms with van der Waals surface area (Å²) in [5.41, 5.74) is 0. The first-order valence-electron chi connectivity index (χ1n) is 2.37. The minimum atomic E-state index is -0.978. The van der Waals surface area contributed by atoms with Crippen LogP contribution in [0.5, 0.6) is 0 Å². The highest BCUT2D eigenvalue weighted by atomic mass is 35.5. The third-order valence-corrected chi connectivity index (χ3v) is 2.23. The molecule has 2 aliphatic rings. The van der Waals surface area contributed by atoms with Crippen molar-refractivity contribution in [1.29, 1.82) is 0 Å². The van der Waals surface area contributed by atoms with Crippen LogP contribution in [0.25, 0.3) is 0 Å². The Kier molecular flexibility index (Phi) is 0.810. The van der Waals surface area contributed by atoms with Crippen LogP contribution in [0, 0.1) is 0 Å². The molecule has 0 bridgehead atoms. The van der Waals surface area contributed by atoms with Gasteiger partial charge in [-0.05, 0) is 0 Å². The molecule has 0 radical (unpaired) electrons. The minimum Gasteiger partial charge on any atom is -0.423 e. The van der Waals surface area contributed by atoms with Gasteiger partial charge in [0.25, 0.3) is 0 Å². The summed E-state index contributed by atoms with van der Waals surface area (Å²) in [5, 5.41) is 0. The molecule has 1 saturated carbocycles. The first-order chi connectivity index (χ1) is 4.12. The second-order valence-corrected chi connectivity index (χ2v) is 3.45. The Labute approximate surface area is 60.8 Å². The van der Waals surface area contributed by atoms with Crippen LogP contribution in [-0.4, -0.2) is 22.7 Å². The van der Waals surface area contributed by atoms with Gasteiger partial charge in [-0.1, -0.05) is 23.2 Å². The Morgan fingerprint density at radius 3 is 2.11 bits per heavy atom. The van der Waals surface area contributed by atoms with Crippen molar-refractivity contribution in [3.05, 3.63) is 0 Å². The fraction of sp³-hybridized carbons (Fsp3) is 0.750. The van der Waals surface area contributed by atoms with E-state index in [0.717, 1.165) is 0 Å². The summed E-state index contributed by atoms with van der Waals surface area (Å²) in [7, 11) is 0. The molecule has 0 aromatic carbocycles. The van der Waals surface area contributed by atoms with Gasteiger partial charge in [0.2, 0.25) is 0 Å². The lowest BCUT2D eigenvalue weighted by Crippen LogP contribution is -2.11. The third kappa shape index (κ3) is 0.563. The maximum atomic E-state index is 10.2. The number of ether oxygens (including phenoxy) is 2. The zero-order valence-electron chi connectivity index (χ0n) is 4.14. The van der Waals surface area contributed by atoms with Crippen molar-refractivity contribution in [3.8, 4) is 0 Å². The number of alkyl halides is 2. The van der Waals surface area contributed by atoms with Crippen molar-refractivity contribution in [1.82, 2.24) is 0 Å². The second-order valence-electron chi connectivity index (χ2n) is 2.00. The molecule has 1 heterocycles. The second kappa shape index (κ2) is 1.30. The number of hydrogen-bond acceptors (Lipinski definition) is 3. The number of halogens is 2. The molecular weight excluding hydrogens is 167 g/mol. The van der Waals surface area contributed by atoms with Crippen molar-refractivity contribution in [2.24, 2.45) is 0 Å². The summed E-state index contributed by atoms with van der Waals surface area (Å²) >= 11 is 11.1. The van der Waals surface area contributed by atoms with Crippen LogP contribution in [0.1, 0.15) is 0 Å². The average molecular weight is 169 g/mol. The summed E-state index contributed by atoms with van der Waals surface area (Å²) in [6.07, 6.45) is -1.55. The van der Waals surface area contributed by atoms with Crippen molar-refractivity contribution >= 4 is 29.4 Å². The quantitative estimate of drug-likeness (QED) is 0.402. The molecule has 0 N–H and O–H groups in total. The largest absolute Gasteiger partial charge is 0.509 e. The standard InChI is InChI=1S/C4H2Cl2O3/c5-4(6)1-2(4)9-3(7)8-1/h1-2H. The predicted molar refractivity (Wildman–Crippen MR) is 29.6 cm³/mol. The molecule has 0 amide bonds. The van der Waals surface area contributed by atoms with Gasteiger partial charge in [0, 0.05) is 0 Å². The molecule has 0 aromatic rings. The number of rotatable bonds is 0. The molecule has 50 valence electrons. The van der Waals surface area contributed by atoms with Gasteiger partial charge in [0.15, 0.2) is 16.5 Å². The monoisotopic (exact) mass is 168 g/mol. The van der Waals surface area contributed by atoms with Gasteiger partial charge in [0.1, 0.15) is 0 Å². The fourth-order valence-electron chi connectivity index (χ4n) is 0.788. The minimum absolute atomic E-state index is 0.437. The Morgan fingerprint density at radius 1 is 1.33 bits per heavy atom. The molecule has 5 heteroatoms. The van der Waals surface area contributed by atoms with Gasteiger partial charge in [0.05, 0.1) is 0 Å². The zero-order valence-corrected chi connectivity index (χ0v) is 5.65. The highest BCUT2D eigenvalue weighted by Gasteiger charge is 2.74. The van der Waals surface area contributed by atoms with E-state index in [2.05, 4.69) is 9.47 Å². The molecular formula is C4H2Cl2O3. The topological polar surface area (TPSA) is 35.5 Å². The van der Waals surface area contributed by atoms with Crippen LogP contribution in [0.2, 0.25) is 0 Å². The first-order valence-corrected chi connectivity index (χ1v) is 3.13. The van der Waals surface area contributed by atoms with E-state index < -0.39 is 22.7 Å². The third-order valence-electron chi connectivity index (χ3n) is 1.37. The highest BCUT2D eigenvalue weighted by molar-refractivity contribution is 6.52. The molecule has 1 aliphatic carbocycles. The molecule has 1 aliphatic heterocycles. The molecule has 3 nitrogen and oxygen atoms in total. The normalized spacial score (nSPS) is 43.1. The molecule has 2 fully saturated rings. The zero-order chi connectivity index (χ0) is 6.65. The van der Waals surface area contributed by atoms with Gasteiger partial charge in [-0.2, -0.15) is 0 Å². The predicted octanol–water partition coefficient (Wildman–Crippen LogP) is 1.08. The van der Waals surface area contributed by atoms with E-state index in [-0.39, 0.29) is 0 Å². The van der Waals surface area contributed by atoms with E-state index in [1.165, 1.54) is 0 Å². The molecule has 2 unspecified atom stereocenters. The first kappa shape index (κ1) is 5.62. The van der Waals surface area contributed by atoms with Crippen molar-refractivity contribution < 1.29 is 14.3 Å². The Morgan fingerprint density at radius 2 is 1.78 bits per heavy atom. The lowest BCUT2D eigenvalue weighted by Gasteiger charge is -2.00.